The van der Waals surface area contributed by atoms with Crippen molar-refractivity contribution >= 4 is 17.8 Å². The molecule has 0 unspecified atom stereocenters. The molecule has 0 atom stereocenters. The summed E-state index contributed by atoms with van der Waals surface area (Å²) in [5.41, 5.74) is 0.0319. The fourth-order valence-electron chi connectivity index (χ4n) is 1.52. The summed E-state index contributed by atoms with van der Waals surface area (Å²) in [6.07, 6.45) is 1.50. The Balaban J connectivity index is 2.38. The van der Waals surface area contributed by atoms with E-state index in [1.165, 1.54) is 16.8 Å². The van der Waals surface area contributed by atoms with Gasteiger partial charge in [-0.3, -0.25) is 9.59 Å². The molecule has 7 nitrogen and oxygen atoms in total. The summed E-state index contributed by atoms with van der Waals surface area (Å²) in [6, 6.07) is 2.96. The van der Waals surface area contributed by atoms with Gasteiger partial charge in [-0.2, -0.15) is 0 Å². The minimum absolute atomic E-state index is 0.0319. The molecule has 0 radical (unpaired) electrons. The van der Waals surface area contributed by atoms with E-state index < -0.39 is 11.9 Å². The van der Waals surface area contributed by atoms with Crippen LogP contribution in [0.5, 0.6) is 0 Å². The number of hydrogen-bond donors (Lipinski definition) is 3. The first-order valence-electron chi connectivity index (χ1n) is 6.32. The van der Waals surface area contributed by atoms with Crippen molar-refractivity contribution in [3.63, 3.8) is 0 Å². The van der Waals surface area contributed by atoms with E-state index in [-0.39, 0.29) is 24.7 Å². The normalized spacial score (nSPS) is 10.3. The summed E-state index contributed by atoms with van der Waals surface area (Å²) < 4.78 is 1.31. The number of rotatable bonds is 7. The molecule has 0 aliphatic rings. The molecule has 7 heteroatoms. The Bertz CT molecular complexity index is 494. The first-order chi connectivity index (χ1) is 9.40. The number of carboxylic acids is 1. The average molecular weight is 281 g/mol. The molecule has 2 amide bonds. The third kappa shape index (κ3) is 5.13. The maximum absolute atomic E-state index is 11.6. The van der Waals surface area contributed by atoms with Gasteiger partial charge in [0.15, 0.2) is 0 Å². The number of nitrogens with one attached hydrogen (secondary N) is 2. The summed E-state index contributed by atoms with van der Waals surface area (Å²) in [7, 11) is 0. The Morgan fingerprint density at radius 2 is 1.95 bits per heavy atom. The van der Waals surface area contributed by atoms with E-state index in [0.717, 1.165) is 0 Å². The number of nitrogens with zero attached hydrogens (tertiary/aromatic N) is 1. The number of aromatic carboxylic acids is 1. The van der Waals surface area contributed by atoms with E-state index in [1.807, 2.05) is 13.8 Å². The molecule has 20 heavy (non-hydrogen) atoms. The van der Waals surface area contributed by atoms with Gasteiger partial charge in [-0.1, -0.05) is 13.8 Å². The lowest BCUT2D eigenvalue weighted by Crippen LogP contribution is -2.39. The zero-order valence-electron chi connectivity index (χ0n) is 11.5. The van der Waals surface area contributed by atoms with Crippen molar-refractivity contribution in [2.75, 3.05) is 13.1 Å². The second kappa shape index (κ2) is 7.32. The van der Waals surface area contributed by atoms with E-state index in [1.54, 1.807) is 6.07 Å². The van der Waals surface area contributed by atoms with Crippen LogP contribution >= 0.6 is 0 Å². The Morgan fingerprint density at radius 1 is 1.25 bits per heavy atom. The first-order valence-corrected chi connectivity index (χ1v) is 6.32. The van der Waals surface area contributed by atoms with E-state index in [4.69, 9.17) is 5.11 Å². The minimum atomic E-state index is -1.10. The molecule has 0 saturated heterocycles. The molecule has 1 rings (SSSR count). The van der Waals surface area contributed by atoms with Crippen LogP contribution in [0.3, 0.4) is 0 Å². The van der Waals surface area contributed by atoms with Crippen molar-refractivity contribution in [3.8, 4) is 0 Å². The summed E-state index contributed by atoms with van der Waals surface area (Å²) in [4.78, 5) is 33.9. The quantitative estimate of drug-likeness (QED) is 0.658. The van der Waals surface area contributed by atoms with Crippen LogP contribution in [0.2, 0.25) is 0 Å². The van der Waals surface area contributed by atoms with E-state index in [2.05, 4.69) is 10.6 Å². The lowest BCUT2D eigenvalue weighted by Gasteiger charge is -2.09. The van der Waals surface area contributed by atoms with Gasteiger partial charge in [-0.25, -0.2) is 4.79 Å². The van der Waals surface area contributed by atoms with Gasteiger partial charge in [0, 0.05) is 12.7 Å². The summed E-state index contributed by atoms with van der Waals surface area (Å²) in [6.45, 7) is 4.24. The largest absolute Gasteiger partial charge is 0.477 e. The molecule has 3 N–H and O–H groups in total. The number of amides is 2. The molecule has 0 aliphatic carbocycles. The predicted octanol–water partition coefficient (Wildman–Crippen LogP) is 0.0747. The number of carbonyl (C=O) groups excluding carboxylic acids is 2. The second-order valence-corrected chi connectivity index (χ2v) is 4.80. The van der Waals surface area contributed by atoms with Gasteiger partial charge in [0.25, 0.3) is 0 Å². The van der Waals surface area contributed by atoms with Crippen LogP contribution in [0.1, 0.15) is 24.3 Å². The maximum Gasteiger partial charge on any atom is 0.352 e. The highest BCUT2D eigenvalue weighted by Gasteiger charge is 2.12. The first kappa shape index (κ1) is 15.7. The van der Waals surface area contributed by atoms with Gasteiger partial charge in [0.1, 0.15) is 12.2 Å². The topological polar surface area (TPSA) is 100 Å². The third-order valence-electron chi connectivity index (χ3n) is 2.52. The van der Waals surface area contributed by atoms with E-state index in [9.17, 15) is 14.4 Å². The van der Waals surface area contributed by atoms with Gasteiger partial charge in [-0.05, 0) is 18.1 Å². The van der Waals surface area contributed by atoms with Crippen molar-refractivity contribution in [3.05, 3.63) is 24.0 Å². The van der Waals surface area contributed by atoms with Crippen molar-refractivity contribution in [2.24, 2.45) is 5.92 Å². The average Bonchev–Trinajstić information content (AvgIpc) is 2.82. The number of carboxylic acid groups (broad SMARTS) is 1. The highest BCUT2D eigenvalue weighted by molar-refractivity contribution is 5.88. The highest BCUT2D eigenvalue weighted by atomic mass is 16.4. The Labute approximate surface area is 117 Å². The van der Waals surface area contributed by atoms with Crippen molar-refractivity contribution in [2.45, 2.75) is 20.4 Å². The predicted molar refractivity (Wildman–Crippen MR) is 72.2 cm³/mol. The molecule has 0 aliphatic heterocycles. The van der Waals surface area contributed by atoms with Crippen molar-refractivity contribution < 1.29 is 19.5 Å². The van der Waals surface area contributed by atoms with Crippen LogP contribution < -0.4 is 10.6 Å². The molecule has 0 bridgehead atoms. The molecule has 1 aromatic heterocycles. The number of carbonyl (C=O) groups is 3. The van der Waals surface area contributed by atoms with Gasteiger partial charge in [-0.15, -0.1) is 0 Å². The van der Waals surface area contributed by atoms with Crippen molar-refractivity contribution in [1.29, 1.82) is 0 Å². The van der Waals surface area contributed by atoms with Gasteiger partial charge < -0.3 is 20.3 Å². The molecular weight excluding hydrogens is 262 g/mol. The van der Waals surface area contributed by atoms with Crippen LogP contribution in [0, 0.1) is 5.92 Å². The molecule has 0 aromatic carbocycles. The number of hydrogen-bond acceptors (Lipinski definition) is 3. The van der Waals surface area contributed by atoms with Crippen LogP contribution in [0.25, 0.3) is 0 Å². The molecule has 0 fully saturated rings. The zero-order valence-corrected chi connectivity index (χ0v) is 11.5. The molecule has 1 aromatic rings. The van der Waals surface area contributed by atoms with Gasteiger partial charge in [0.2, 0.25) is 11.8 Å². The maximum atomic E-state index is 11.6. The molecule has 1 heterocycles. The van der Waals surface area contributed by atoms with Crippen molar-refractivity contribution in [1.82, 2.24) is 15.2 Å². The standard InChI is InChI=1S/C13H19N3O4/c1-9(2)6-14-11(17)7-15-12(18)8-16-5-3-4-10(16)13(19)20/h3-5,9H,6-8H2,1-2H3,(H,14,17)(H,15,18)(H,19,20). The summed E-state index contributed by atoms with van der Waals surface area (Å²) in [5, 5.41) is 14.0. The van der Waals surface area contributed by atoms with E-state index in [0.29, 0.717) is 12.5 Å². The van der Waals surface area contributed by atoms with Crippen LogP contribution in [-0.4, -0.2) is 40.5 Å². The lowest BCUT2D eigenvalue weighted by atomic mass is 10.2. The minimum Gasteiger partial charge on any atom is -0.477 e. The molecular formula is C13H19N3O4. The fourth-order valence-corrected chi connectivity index (χ4v) is 1.52. The SMILES string of the molecule is CC(C)CNC(=O)CNC(=O)Cn1cccc1C(=O)O. The van der Waals surface area contributed by atoms with Gasteiger partial charge in [0.05, 0.1) is 6.54 Å². The molecule has 0 spiro atoms. The Kier molecular flexibility index (Phi) is 5.76. The van der Waals surface area contributed by atoms with Gasteiger partial charge >= 0.3 is 5.97 Å². The third-order valence-corrected chi connectivity index (χ3v) is 2.52. The fraction of sp³-hybridized carbons (Fsp3) is 0.462. The Hall–Kier alpha value is -2.31. The summed E-state index contributed by atoms with van der Waals surface area (Å²) in [5.74, 6) is -1.44. The second-order valence-electron chi connectivity index (χ2n) is 4.80. The van der Waals surface area contributed by atoms with Crippen LogP contribution in [0.15, 0.2) is 18.3 Å². The monoisotopic (exact) mass is 281 g/mol. The van der Waals surface area contributed by atoms with Crippen LogP contribution in [-0.2, 0) is 16.1 Å². The Morgan fingerprint density at radius 3 is 2.55 bits per heavy atom. The molecule has 0 saturated carbocycles. The summed E-state index contributed by atoms with van der Waals surface area (Å²) >= 11 is 0. The lowest BCUT2D eigenvalue weighted by molar-refractivity contribution is -0.126. The zero-order chi connectivity index (χ0) is 15.1. The highest BCUT2D eigenvalue weighted by Crippen LogP contribution is 2.01. The van der Waals surface area contributed by atoms with E-state index >= 15 is 0 Å². The number of aromatic nitrogens is 1. The smallest absolute Gasteiger partial charge is 0.352 e. The molecule has 110 valence electrons. The van der Waals surface area contributed by atoms with Crippen LogP contribution in [0.4, 0.5) is 0 Å².